The van der Waals surface area contributed by atoms with Gasteiger partial charge in [0.2, 0.25) is 11.8 Å². The molecule has 0 heterocycles. The number of esters is 1. The number of carbonyl (C=O) groups excluding carboxylic acids is 4. The van der Waals surface area contributed by atoms with Gasteiger partial charge in [0, 0.05) is 24.9 Å². The van der Waals surface area contributed by atoms with Gasteiger partial charge >= 0.3 is 12.1 Å². The van der Waals surface area contributed by atoms with Crippen LogP contribution in [0.3, 0.4) is 0 Å². The quantitative estimate of drug-likeness (QED) is 0.108. The molecular weight excluding hydrogens is 646 g/mol. The molecule has 0 aromatic heterocycles. The van der Waals surface area contributed by atoms with Crippen molar-refractivity contribution in [3.63, 3.8) is 0 Å². The van der Waals surface area contributed by atoms with Crippen molar-refractivity contribution in [2.75, 3.05) is 6.54 Å². The summed E-state index contributed by atoms with van der Waals surface area (Å²) in [5, 5.41) is 16.8. The van der Waals surface area contributed by atoms with Crippen molar-refractivity contribution < 1.29 is 33.8 Å². The lowest BCUT2D eigenvalue weighted by molar-refractivity contribution is -0.159. The molecule has 0 aliphatic heterocycles. The topological polar surface area (TPSA) is 134 Å². The number of phenolic OH excluding ortho intramolecular Hbond substituents is 1. The molecule has 0 saturated carbocycles. The fourth-order valence-electron chi connectivity index (χ4n) is 5.61. The minimum absolute atomic E-state index is 0.119. The number of alkyl carbamates (subject to hydrolysis) is 1. The van der Waals surface area contributed by atoms with Gasteiger partial charge in [0.25, 0.3) is 0 Å². The van der Waals surface area contributed by atoms with Crippen molar-refractivity contribution >= 4 is 23.9 Å². The van der Waals surface area contributed by atoms with E-state index in [9.17, 15) is 24.3 Å². The lowest BCUT2D eigenvalue weighted by Gasteiger charge is -2.35. The average molecular weight is 702 g/mol. The van der Waals surface area contributed by atoms with Gasteiger partial charge in [-0.1, -0.05) is 105 Å². The number of amides is 3. The first kappa shape index (κ1) is 40.6. The maximum atomic E-state index is 14.8. The van der Waals surface area contributed by atoms with Crippen LogP contribution in [0.2, 0.25) is 0 Å². The van der Waals surface area contributed by atoms with E-state index in [4.69, 9.17) is 9.47 Å². The Morgan fingerprint density at radius 1 is 0.686 bits per heavy atom. The van der Waals surface area contributed by atoms with Crippen LogP contribution in [0.15, 0.2) is 84.9 Å². The Bertz CT molecular complexity index is 1570. The van der Waals surface area contributed by atoms with Crippen molar-refractivity contribution in [2.24, 2.45) is 0 Å². The number of carbonyl (C=O) groups is 4. The van der Waals surface area contributed by atoms with Crippen LogP contribution < -0.4 is 10.6 Å². The predicted octanol–water partition coefficient (Wildman–Crippen LogP) is 7.05. The van der Waals surface area contributed by atoms with E-state index in [1.54, 1.807) is 59.7 Å². The maximum absolute atomic E-state index is 14.8. The summed E-state index contributed by atoms with van der Waals surface area (Å²) in [4.78, 5) is 57.6. The summed E-state index contributed by atoms with van der Waals surface area (Å²) in [7, 11) is 0. The third-order valence-electron chi connectivity index (χ3n) is 7.89. The van der Waals surface area contributed by atoms with Gasteiger partial charge in [-0.25, -0.2) is 9.59 Å². The minimum atomic E-state index is -1.36. The second kappa shape index (κ2) is 18.9. The standard InChI is InChI=1S/C41H55N3O7/c1-8-9-10-19-26-44(37(47)32(27-29-20-13-11-14-21-29)43-39(49)51-41(5,6)7)35(31-24-17-18-25-34(31)45)36(46)42-33(38(48)50-40(2,3)4)28-30-22-15-12-16-23-30/h11-18,20-25,32-33,35,45H,8-10,19,26-28H2,1-7H3,(H,42,46)(H,43,49). The van der Waals surface area contributed by atoms with E-state index in [0.717, 1.165) is 30.4 Å². The van der Waals surface area contributed by atoms with Crippen molar-refractivity contribution in [1.82, 2.24) is 15.5 Å². The van der Waals surface area contributed by atoms with Gasteiger partial charge in [0.1, 0.15) is 35.1 Å². The number of ether oxygens (including phenoxy) is 2. The molecule has 3 aromatic carbocycles. The number of aromatic hydroxyl groups is 1. The van der Waals surface area contributed by atoms with Crippen LogP contribution in [0.1, 0.15) is 96.9 Å². The molecule has 10 nitrogen and oxygen atoms in total. The van der Waals surface area contributed by atoms with Crippen LogP contribution in [0.5, 0.6) is 5.75 Å². The number of nitrogens with zero attached hydrogens (tertiary/aromatic N) is 1. The third kappa shape index (κ3) is 13.8. The Kier molecular flexibility index (Phi) is 15.1. The maximum Gasteiger partial charge on any atom is 0.408 e. The van der Waals surface area contributed by atoms with E-state index in [2.05, 4.69) is 17.6 Å². The monoisotopic (exact) mass is 701 g/mol. The molecule has 10 heteroatoms. The number of benzene rings is 3. The lowest BCUT2D eigenvalue weighted by atomic mass is 9.98. The minimum Gasteiger partial charge on any atom is -0.508 e. The molecule has 0 spiro atoms. The highest BCUT2D eigenvalue weighted by molar-refractivity contribution is 5.94. The number of unbranched alkanes of at least 4 members (excludes halogenated alkanes) is 3. The zero-order valence-corrected chi connectivity index (χ0v) is 31.1. The summed E-state index contributed by atoms with van der Waals surface area (Å²) in [5.74, 6) is -2.05. The zero-order valence-electron chi connectivity index (χ0n) is 31.1. The first-order valence-corrected chi connectivity index (χ1v) is 17.8. The van der Waals surface area contributed by atoms with Crippen LogP contribution in [0, 0.1) is 0 Å². The SMILES string of the molecule is CCCCCCN(C(=O)C(Cc1ccccc1)NC(=O)OC(C)(C)C)C(C(=O)NC(Cc1ccccc1)C(=O)OC(C)(C)C)c1ccccc1O. The summed E-state index contributed by atoms with van der Waals surface area (Å²) in [6, 6.07) is 21.2. The molecule has 0 radical (unpaired) electrons. The third-order valence-corrected chi connectivity index (χ3v) is 7.89. The summed E-state index contributed by atoms with van der Waals surface area (Å²) in [5.41, 5.74) is 0.113. The molecule has 3 unspecified atom stereocenters. The smallest absolute Gasteiger partial charge is 0.408 e. The fraction of sp³-hybridized carbons (Fsp3) is 0.463. The van der Waals surface area contributed by atoms with E-state index in [1.807, 2.05) is 60.7 Å². The average Bonchev–Trinajstić information content (AvgIpc) is 3.05. The van der Waals surface area contributed by atoms with E-state index >= 15 is 0 Å². The molecule has 0 saturated heterocycles. The normalized spacial score (nSPS) is 13.3. The van der Waals surface area contributed by atoms with Crippen LogP contribution in [0.4, 0.5) is 4.79 Å². The van der Waals surface area contributed by atoms with Crippen molar-refractivity contribution in [2.45, 2.75) is 116 Å². The van der Waals surface area contributed by atoms with Crippen molar-refractivity contribution in [3.05, 3.63) is 102 Å². The number of rotatable bonds is 16. The Balaban J connectivity index is 2.12. The van der Waals surface area contributed by atoms with Gasteiger partial charge in [-0.05, 0) is 65.2 Å². The molecule has 3 N–H and O–H groups in total. The summed E-state index contributed by atoms with van der Waals surface area (Å²) in [6.07, 6.45) is 2.68. The molecule has 276 valence electrons. The molecule has 3 atom stereocenters. The molecule has 0 fully saturated rings. The molecule has 0 bridgehead atoms. The predicted molar refractivity (Wildman–Crippen MR) is 198 cm³/mol. The van der Waals surface area contributed by atoms with E-state index in [0.29, 0.717) is 6.42 Å². The van der Waals surface area contributed by atoms with Crippen LogP contribution in [-0.4, -0.2) is 63.7 Å². The van der Waals surface area contributed by atoms with Gasteiger partial charge in [0.05, 0.1) is 0 Å². The van der Waals surface area contributed by atoms with Crippen LogP contribution >= 0.6 is 0 Å². The Morgan fingerprint density at radius 2 is 1.22 bits per heavy atom. The van der Waals surface area contributed by atoms with Crippen LogP contribution in [-0.2, 0) is 36.7 Å². The molecule has 0 aliphatic carbocycles. The van der Waals surface area contributed by atoms with E-state index in [-0.39, 0.29) is 30.7 Å². The number of para-hydroxylation sites is 1. The van der Waals surface area contributed by atoms with Gasteiger partial charge < -0.3 is 30.1 Å². The Labute approximate surface area is 302 Å². The largest absolute Gasteiger partial charge is 0.508 e. The lowest BCUT2D eigenvalue weighted by Crippen LogP contribution is -2.55. The molecule has 3 amide bonds. The zero-order chi connectivity index (χ0) is 37.6. The van der Waals surface area contributed by atoms with Crippen LogP contribution in [0.25, 0.3) is 0 Å². The second-order valence-corrected chi connectivity index (χ2v) is 14.7. The van der Waals surface area contributed by atoms with Crippen molar-refractivity contribution in [3.8, 4) is 5.75 Å². The van der Waals surface area contributed by atoms with E-state index in [1.165, 1.54) is 11.0 Å². The molecule has 3 aromatic rings. The molecule has 0 aliphatic rings. The Hall–Kier alpha value is -4.86. The fourth-order valence-corrected chi connectivity index (χ4v) is 5.61. The highest BCUT2D eigenvalue weighted by atomic mass is 16.6. The Morgan fingerprint density at radius 3 is 1.75 bits per heavy atom. The number of hydrogen-bond acceptors (Lipinski definition) is 7. The highest BCUT2D eigenvalue weighted by Crippen LogP contribution is 2.31. The van der Waals surface area contributed by atoms with Gasteiger partial charge in [0.15, 0.2) is 0 Å². The summed E-state index contributed by atoms with van der Waals surface area (Å²) >= 11 is 0. The van der Waals surface area contributed by atoms with E-state index < -0.39 is 53.2 Å². The van der Waals surface area contributed by atoms with Gasteiger partial charge in [-0.2, -0.15) is 0 Å². The first-order chi connectivity index (χ1) is 24.1. The number of hydrogen-bond donors (Lipinski definition) is 3. The summed E-state index contributed by atoms with van der Waals surface area (Å²) in [6.45, 7) is 12.7. The van der Waals surface area contributed by atoms with Gasteiger partial charge in [-0.15, -0.1) is 0 Å². The van der Waals surface area contributed by atoms with Crippen molar-refractivity contribution in [1.29, 1.82) is 0 Å². The second-order valence-electron chi connectivity index (χ2n) is 14.7. The van der Waals surface area contributed by atoms with Gasteiger partial charge in [-0.3, -0.25) is 9.59 Å². The molecule has 3 rings (SSSR count). The molecule has 51 heavy (non-hydrogen) atoms. The summed E-state index contributed by atoms with van der Waals surface area (Å²) < 4.78 is 11.3. The highest BCUT2D eigenvalue weighted by Gasteiger charge is 2.39. The number of phenols is 1. The molecular formula is C41H55N3O7. The first-order valence-electron chi connectivity index (χ1n) is 17.8. The number of nitrogens with one attached hydrogen (secondary N) is 2.